The summed E-state index contributed by atoms with van der Waals surface area (Å²) in [5.41, 5.74) is 5.15. The number of nitrogens with two attached hydrogens (primary N) is 1. The van der Waals surface area contributed by atoms with Crippen molar-refractivity contribution in [2.24, 2.45) is 11.1 Å². The summed E-state index contributed by atoms with van der Waals surface area (Å²) in [6.07, 6.45) is 8.91. The van der Waals surface area contributed by atoms with Crippen LogP contribution in [0, 0.1) is 5.41 Å². The Balaban J connectivity index is 1.88. The number of amides is 1. The lowest BCUT2D eigenvalue weighted by atomic mass is 9.85. The Morgan fingerprint density at radius 3 is 2.78 bits per heavy atom. The number of nitrogens with zero attached hydrogens (tertiary/aromatic N) is 2. The molecule has 1 saturated carbocycles. The molecule has 0 saturated heterocycles. The second-order valence-electron chi connectivity index (χ2n) is 4.71. The summed E-state index contributed by atoms with van der Waals surface area (Å²) in [4.78, 5) is 16.5. The van der Waals surface area contributed by atoms with Crippen molar-refractivity contribution in [2.45, 2.75) is 32.2 Å². The van der Waals surface area contributed by atoms with Crippen LogP contribution in [0.15, 0.2) is 18.7 Å². The van der Waals surface area contributed by atoms with Gasteiger partial charge in [-0.3, -0.25) is 4.79 Å². The molecule has 0 aromatic carbocycles. The van der Waals surface area contributed by atoms with Crippen LogP contribution in [-0.4, -0.2) is 27.0 Å². The van der Waals surface area contributed by atoms with Gasteiger partial charge in [0.15, 0.2) is 0 Å². The van der Waals surface area contributed by atoms with E-state index in [1.807, 2.05) is 10.8 Å². The van der Waals surface area contributed by atoms with Crippen LogP contribution in [0.3, 0.4) is 0 Å². The molecule has 0 unspecified atom stereocenters. The molecule has 1 aliphatic rings. The number of rotatable bonds is 5. The fraction of sp³-hybridized carbons (Fsp3) is 0.583. The molecule has 0 atom stereocenters. The summed E-state index contributed by atoms with van der Waals surface area (Å²) in [6, 6.07) is 0. The Bertz CT molecular complexity index is 423. The molecule has 1 aromatic heterocycles. The van der Waals surface area contributed by atoms with Crippen molar-refractivity contribution in [3.05, 3.63) is 18.7 Å². The van der Waals surface area contributed by atoms with E-state index in [4.69, 9.17) is 18.0 Å². The van der Waals surface area contributed by atoms with Gasteiger partial charge in [0, 0.05) is 25.5 Å². The average molecular weight is 266 g/mol. The maximum absolute atomic E-state index is 12.2. The van der Waals surface area contributed by atoms with Crippen LogP contribution < -0.4 is 11.1 Å². The number of carbonyl (C=O) groups excluding carboxylic acids is 1. The fourth-order valence-electron chi connectivity index (χ4n) is 2.45. The minimum atomic E-state index is -0.607. The molecule has 3 N–H and O–H groups in total. The van der Waals surface area contributed by atoms with Crippen LogP contribution in [0.2, 0.25) is 0 Å². The molecule has 1 amide bonds. The monoisotopic (exact) mass is 266 g/mol. The topological polar surface area (TPSA) is 72.9 Å². The highest BCUT2D eigenvalue weighted by atomic mass is 32.1. The molecule has 2 rings (SSSR count). The van der Waals surface area contributed by atoms with Crippen molar-refractivity contribution >= 4 is 23.1 Å². The Morgan fingerprint density at radius 2 is 2.22 bits per heavy atom. The Labute approximate surface area is 112 Å². The van der Waals surface area contributed by atoms with Crippen LogP contribution in [0.1, 0.15) is 25.7 Å². The van der Waals surface area contributed by atoms with Gasteiger partial charge < -0.3 is 15.6 Å². The molecule has 5 nitrogen and oxygen atoms in total. The summed E-state index contributed by atoms with van der Waals surface area (Å²) in [7, 11) is 0. The summed E-state index contributed by atoms with van der Waals surface area (Å²) < 4.78 is 1.92. The second-order valence-corrected chi connectivity index (χ2v) is 5.15. The number of carbonyl (C=O) groups is 1. The molecule has 98 valence electrons. The van der Waals surface area contributed by atoms with Crippen LogP contribution in [0.5, 0.6) is 0 Å². The van der Waals surface area contributed by atoms with Crippen LogP contribution in [-0.2, 0) is 11.3 Å². The Morgan fingerprint density at radius 1 is 1.50 bits per heavy atom. The first kappa shape index (κ1) is 13.0. The highest BCUT2D eigenvalue weighted by Gasteiger charge is 2.43. The average Bonchev–Trinajstić information content (AvgIpc) is 3.00. The number of nitrogens with one attached hydrogen (secondary N) is 1. The van der Waals surface area contributed by atoms with Gasteiger partial charge >= 0.3 is 0 Å². The van der Waals surface area contributed by atoms with Crippen molar-refractivity contribution < 1.29 is 4.79 Å². The van der Waals surface area contributed by atoms with E-state index >= 15 is 0 Å². The summed E-state index contributed by atoms with van der Waals surface area (Å²) in [5.74, 6) is -0.0207. The van der Waals surface area contributed by atoms with Crippen LogP contribution in [0.25, 0.3) is 0 Å². The lowest BCUT2D eigenvalue weighted by Crippen LogP contribution is -2.47. The first-order valence-corrected chi connectivity index (χ1v) is 6.60. The van der Waals surface area contributed by atoms with Gasteiger partial charge in [-0.15, -0.1) is 0 Å². The highest BCUT2D eigenvalue weighted by molar-refractivity contribution is 7.80. The molecular formula is C12H18N4OS. The molecule has 18 heavy (non-hydrogen) atoms. The van der Waals surface area contributed by atoms with E-state index < -0.39 is 5.41 Å². The zero-order valence-electron chi connectivity index (χ0n) is 10.3. The van der Waals surface area contributed by atoms with E-state index in [0.717, 1.165) is 25.7 Å². The fourth-order valence-corrected chi connectivity index (χ4v) is 2.75. The smallest absolute Gasteiger partial charge is 0.233 e. The highest BCUT2D eigenvalue weighted by Crippen LogP contribution is 2.38. The van der Waals surface area contributed by atoms with E-state index in [1.54, 1.807) is 12.5 Å². The van der Waals surface area contributed by atoms with Crippen molar-refractivity contribution in [3.8, 4) is 0 Å². The number of imidazole rings is 1. The zero-order chi connectivity index (χ0) is 13.0. The summed E-state index contributed by atoms with van der Waals surface area (Å²) >= 11 is 5.08. The maximum atomic E-state index is 12.2. The number of aromatic nitrogens is 2. The summed E-state index contributed by atoms with van der Waals surface area (Å²) in [6.45, 7) is 1.28. The van der Waals surface area contributed by atoms with Crippen molar-refractivity contribution in [1.29, 1.82) is 0 Å². The third-order valence-corrected chi connectivity index (χ3v) is 3.97. The van der Waals surface area contributed by atoms with Gasteiger partial charge in [-0.05, 0) is 12.8 Å². The molecule has 0 aliphatic heterocycles. The van der Waals surface area contributed by atoms with Gasteiger partial charge in [-0.2, -0.15) is 0 Å². The predicted octanol–water partition coefficient (Wildman–Crippen LogP) is 0.846. The van der Waals surface area contributed by atoms with Crippen molar-refractivity contribution in [3.63, 3.8) is 0 Å². The van der Waals surface area contributed by atoms with Gasteiger partial charge in [0.05, 0.1) is 16.7 Å². The normalized spacial score (nSPS) is 17.6. The van der Waals surface area contributed by atoms with Gasteiger partial charge in [0.2, 0.25) is 5.91 Å². The standard InChI is InChI=1S/C12H18N4OS/c13-10(18)12(3-1-2-4-12)11(17)15-6-8-16-7-5-14-9-16/h5,7,9H,1-4,6,8H2,(H2,13,18)(H,15,17). The molecule has 1 aromatic rings. The lowest BCUT2D eigenvalue weighted by molar-refractivity contribution is -0.127. The first-order chi connectivity index (χ1) is 8.65. The predicted molar refractivity (Wildman–Crippen MR) is 72.9 cm³/mol. The van der Waals surface area contributed by atoms with Crippen LogP contribution >= 0.6 is 12.2 Å². The Kier molecular flexibility index (Phi) is 3.96. The van der Waals surface area contributed by atoms with Gasteiger partial charge in [0.25, 0.3) is 0 Å². The van der Waals surface area contributed by atoms with E-state index in [-0.39, 0.29) is 5.91 Å². The van der Waals surface area contributed by atoms with E-state index in [9.17, 15) is 4.79 Å². The largest absolute Gasteiger partial charge is 0.392 e. The minimum absolute atomic E-state index is 0.0207. The molecular weight excluding hydrogens is 248 g/mol. The van der Waals surface area contributed by atoms with Crippen molar-refractivity contribution in [1.82, 2.24) is 14.9 Å². The number of hydrogen-bond acceptors (Lipinski definition) is 3. The van der Waals surface area contributed by atoms with Gasteiger partial charge in [-0.25, -0.2) is 4.98 Å². The molecule has 1 fully saturated rings. The molecule has 6 heteroatoms. The molecule has 0 radical (unpaired) electrons. The van der Waals surface area contributed by atoms with E-state index in [1.165, 1.54) is 0 Å². The van der Waals surface area contributed by atoms with Gasteiger partial charge in [-0.1, -0.05) is 25.1 Å². The van der Waals surface area contributed by atoms with E-state index in [0.29, 0.717) is 18.1 Å². The Hall–Kier alpha value is -1.43. The summed E-state index contributed by atoms with van der Waals surface area (Å²) in [5, 5.41) is 2.93. The lowest BCUT2D eigenvalue weighted by Gasteiger charge is -2.26. The number of hydrogen-bond donors (Lipinski definition) is 2. The van der Waals surface area contributed by atoms with Gasteiger partial charge in [0.1, 0.15) is 0 Å². The third kappa shape index (κ3) is 2.53. The van der Waals surface area contributed by atoms with Crippen molar-refractivity contribution in [2.75, 3.05) is 6.54 Å². The molecule has 0 bridgehead atoms. The molecule has 0 spiro atoms. The zero-order valence-corrected chi connectivity index (χ0v) is 11.1. The van der Waals surface area contributed by atoms with Crippen LogP contribution in [0.4, 0.5) is 0 Å². The maximum Gasteiger partial charge on any atom is 0.233 e. The second kappa shape index (κ2) is 5.48. The third-order valence-electron chi connectivity index (χ3n) is 3.58. The van der Waals surface area contributed by atoms with E-state index in [2.05, 4.69) is 10.3 Å². The quantitative estimate of drug-likeness (QED) is 0.775. The minimum Gasteiger partial charge on any atom is -0.392 e. The number of thiocarbonyl (C=S) groups is 1. The SMILES string of the molecule is NC(=S)C1(C(=O)NCCn2ccnc2)CCCC1. The first-order valence-electron chi connectivity index (χ1n) is 6.19. The molecule has 1 aliphatic carbocycles. The molecule has 1 heterocycles.